The van der Waals surface area contributed by atoms with E-state index in [1.807, 2.05) is 18.5 Å². The van der Waals surface area contributed by atoms with Gasteiger partial charge in [0.05, 0.1) is 24.3 Å². The Hall–Kier alpha value is -3.45. The van der Waals surface area contributed by atoms with E-state index >= 15 is 0 Å². The summed E-state index contributed by atoms with van der Waals surface area (Å²) in [7, 11) is -3.45. The van der Waals surface area contributed by atoms with E-state index in [4.69, 9.17) is 4.74 Å². The lowest BCUT2D eigenvalue weighted by atomic mass is 9.80. The highest BCUT2D eigenvalue weighted by Gasteiger charge is 2.34. The third kappa shape index (κ3) is 6.46. The van der Waals surface area contributed by atoms with Gasteiger partial charge in [-0.2, -0.15) is 10.2 Å². The van der Waals surface area contributed by atoms with Gasteiger partial charge in [-0.1, -0.05) is 0 Å². The van der Waals surface area contributed by atoms with Crippen molar-refractivity contribution in [3.8, 4) is 11.5 Å². The van der Waals surface area contributed by atoms with E-state index in [2.05, 4.69) is 24.9 Å². The van der Waals surface area contributed by atoms with Crippen LogP contribution in [-0.4, -0.2) is 64.7 Å². The fourth-order valence-electron chi connectivity index (χ4n) is 6.27. The zero-order chi connectivity index (χ0) is 29.3. The average molecular weight is 604 g/mol. The largest absolute Gasteiger partial charge is 0.573 e. The van der Waals surface area contributed by atoms with E-state index in [1.54, 1.807) is 10.5 Å². The Labute approximate surface area is 241 Å². The summed E-state index contributed by atoms with van der Waals surface area (Å²) in [5.41, 5.74) is 1.78. The second-order valence-corrected chi connectivity index (χ2v) is 13.3. The normalized spacial score (nSPS) is 22.4. The summed E-state index contributed by atoms with van der Waals surface area (Å²) >= 11 is 0. The summed E-state index contributed by atoms with van der Waals surface area (Å²) in [6.45, 7) is 1.15. The summed E-state index contributed by atoms with van der Waals surface area (Å²) in [6.07, 6.45) is 5.53. The van der Waals surface area contributed by atoms with Crippen LogP contribution in [-0.2, 0) is 10.0 Å². The Bertz CT molecular complexity index is 1640. The number of H-pyrrole nitrogens is 1. The van der Waals surface area contributed by atoms with Crippen LogP contribution in [0, 0.1) is 11.8 Å². The number of halogens is 3. The molecule has 224 valence electrons. The van der Waals surface area contributed by atoms with Crippen molar-refractivity contribution in [2.45, 2.75) is 50.8 Å². The molecule has 1 aliphatic carbocycles. The van der Waals surface area contributed by atoms with Gasteiger partial charge in [0.1, 0.15) is 17.1 Å². The minimum Gasteiger partial charge on any atom is -0.493 e. The molecule has 1 aliphatic heterocycles. The molecule has 1 atom stereocenters. The van der Waals surface area contributed by atoms with Gasteiger partial charge in [0, 0.05) is 53.5 Å². The molecule has 4 heterocycles. The first-order chi connectivity index (χ1) is 20.1. The van der Waals surface area contributed by atoms with Gasteiger partial charge in [-0.25, -0.2) is 17.7 Å². The SMILES string of the molecule is O=S(=O)(CC1CCC(c2nncc3cnc4[nH]ccc4c23)CC1)N1CCCC(COc2ccc(OC(F)(F)F)cc2)C1. The van der Waals surface area contributed by atoms with E-state index in [1.165, 1.54) is 24.3 Å². The molecule has 1 saturated heterocycles. The Balaban J connectivity index is 1.03. The van der Waals surface area contributed by atoms with Gasteiger partial charge in [0.15, 0.2) is 0 Å². The number of aromatic nitrogens is 4. The van der Waals surface area contributed by atoms with Crippen molar-refractivity contribution < 1.29 is 31.1 Å². The van der Waals surface area contributed by atoms with Crippen LogP contribution in [0.2, 0.25) is 0 Å². The highest BCUT2D eigenvalue weighted by atomic mass is 32.2. The van der Waals surface area contributed by atoms with Crippen molar-refractivity contribution in [2.75, 3.05) is 25.4 Å². The zero-order valence-corrected chi connectivity index (χ0v) is 23.7. The van der Waals surface area contributed by atoms with E-state index in [9.17, 15) is 21.6 Å². The molecule has 1 unspecified atom stereocenters. The average Bonchev–Trinajstić information content (AvgIpc) is 3.46. The number of aromatic amines is 1. The molecule has 2 aliphatic rings. The lowest BCUT2D eigenvalue weighted by Crippen LogP contribution is -2.43. The van der Waals surface area contributed by atoms with Gasteiger partial charge in [0.2, 0.25) is 10.0 Å². The molecule has 3 aromatic heterocycles. The molecule has 9 nitrogen and oxygen atoms in total. The minimum atomic E-state index is -4.75. The number of nitrogens with one attached hydrogen (secondary N) is 1. The van der Waals surface area contributed by atoms with Crippen molar-refractivity contribution >= 4 is 31.8 Å². The number of sulfonamides is 1. The summed E-state index contributed by atoms with van der Waals surface area (Å²) < 4.78 is 75.2. The fraction of sp³-hybridized carbons (Fsp3) is 0.483. The van der Waals surface area contributed by atoms with Gasteiger partial charge in [-0.15, -0.1) is 13.2 Å². The number of alkyl halides is 3. The first-order valence-corrected chi connectivity index (χ1v) is 15.8. The van der Waals surface area contributed by atoms with Crippen molar-refractivity contribution in [3.05, 3.63) is 54.6 Å². The van der Waals surface area contributed by atoms with Crippen LogP contribution in [0.25, 0.3) is 21.8 Å². The minimum absolute atomic E-state index is 0.0000523. The third-order valence-corrected chi connectivity index (χ3v) is 10.3. The standard InChI is InChI=1S/C29H32F3N5O4S/c30-29(31,32)41-24-9-7-23(8-10-24)40-17-20-2-1-13-37(16-20)42(38,39)18-19-3-5-21(6-4-19)27-26-22(15-35-36-27)14-34-28-25(26)11-12-33-28/h7-12,14-15,19-21H,1-6,13,16-18H2,(H,33,34). The van der Waals surface area contributed by atoms with E-state index in [0.717, 1.165) is 66.0 Å². The number of hydrogen-bond donors (Lipinski definition) is 1. The Morgan fingerprint density at radius 3 is 2.50 bits per heavy atom. The quantitative estimate of drug-likeness (QED) is 0.271. The molecule has 0 spiro atoms. The molecular formula is C29H32F3N5O4S. The van der Waals surface area contributed by atoms with Gasteiger partial charge < -0.3 is 14.5 Å². The second-order valence-electron chi connectivity index (χ2n) is 11.3. The van der Waals surface area contributed by atoms with E-state index < -0.39 is 16.4 Å². The number of pyridine rings is 1. The van der Waals surface area contributed by atoms with Gasteiger partial charge in [-0.3, -0.25) is 0 Å². The number of ether oxygens (including phenoxy) is 2. The molecule has 1 saturated carbocycles. The Morgan fingerprint density at radius 1 is 0.976 bits per heavy atom. The summed E-state index contributed by atoms with van der Waals surface area (Å²) in [5, 5.41) is 11.8. The highest BCUT2D eigenvalue weighted by molar-refractivity contribution is 7.89. The van der Waals surface area contributed by atoms with Crippen molar-refractivity contribution in [2.24, 2.45) is 11.8 Å². The van der Waals surface area contributed by atoms with Crippen molar-refractivity contribution in [3.63, 3.8) is 0 Å². The van der Waals surface area contributed by atoms with Crippen LogP contribution in [0.1, 0.15) is 50.1 Å². The number of rotatable bonds is 8. The topological polar surface area (TPSA) is 110 Å². The number of hydrogen-bond acceptors (Lipinski definition) is 7. The molecule has 13 heteroatoms. The Morgan fingerprint density at radius 2 is 1.74 bits per heavy atom. The maximum absolute atomic E-state index is 13.4. The van der Waals surface area contributed by atoms with Crippen LogP contribution in [0.4, 0.5) is 13.2 Å². The van der Waals surface area contributed by atoms with Crippen molar-refractivity contribution in [1.82, 2.24) is 24.5 Å². The Kier molecular flexibility index (Phi) is 7.97. The van der Waals surface area contributed by atoms with E-state index in [0.29, 0.717) is 18.8 Å². The van der Waals surface area contributed by atoms with Crippen molar-refractivity contribution in [1.29, 1.82) is 0 Å². The van der Waals surface area contributed by atoms with Crippen LogP contribution >= 0.6 is 0 Å². The first-order valence-electron chi connectivity index (χ1n) is 14.2. The maximum Gasteiger partial charge on any atom is 0.573 e. The van der Waals surface area contributed by atoms with E-state index in [-0.39, 0.29) is 35.9 Å². The monoisotopic (exact) mass is 603 g/mol. The third-order valence-electron chi connectivity index (χ3n) is 8.33. The highest BCUT2D eigenvalue weighted by Crippen LogP contribution is 2.39. The van der Waals surface area contributed by atoms with Crippen LogP contribution in [0.5, 0.6) is 11.5 Å². The van der Waals surface area contributed by atoms with Gasteiger partial charge in [0.25, 0.3) is 0 Å². The molecular weight excluding hydrogens is 571 g/mol. The number of piperidine rings is 1. The zero-order valence-electron chi connectivity index (χ0n) is 22.9. The predicted molar refractivity (Wildman–Crippen MR) is 151 cm³/mol. The smallest absolute Gasteiger partial charge is 0.493 e. The fourth-order valence-corrected chi connectivity index (χ4v) is 8.25. The molecule has 42 heavy (non-hydrogen) atoms. The molecule has 1 aromatic carbocycles. The summed E-state index contributed by atoms with van der Waals surface area (Å²) in [4.78, 5) is 7.61. The maximum atomic E-state index is 13.4. The number of fused-ring (bicyclic) bond motifs is 3. The van der Waals surface area contributed by atoms with Gasteiger partial charge in [-0.05, 0) is 74.8 Å². The summed E-state index contributed by atoms with van der Waals surface area (Å²) in [6, 6.07) is 7.22. The summed E-state index contributed by atoms with van der Waals surface area (Å²) in [5.74, 6) is 0.509. The number of benzene rings is 1. The molecule has 4 aromatic rings. The van der Waals surface area contributed by atoms with Crippen LogP contribution in [0.15, 0.2) is 48.9 Å². The molecule has 1 N–H and O–H groups in total. The molecule has 0 radical (unpaired) electrons. The molecule has 6 rings (SSSR count). The molecule has 0 bridgehead atoms. The number of nitrogens with zero attached hydrogens (tertiary/aromatic N) is 4. The van der Waals surface area contributed by atoms with Crippen LogP contribution in [0.3, 0.4) is 0 Å². The van der Waals surface area contributed by atoms with Crippen LogP contribution < -0.4 is 9.47 Å². The lowest BCUT2D eigenvalue weighted by Gasteiger charge is -2.34. The van der Waals surface area contributed by atoms with Gasteiger partial charge >= 0.3 is 6.36 Å². The lowest BCUT2D eigenvalue weighted by molar-refractivity contribution is -0.274. The predicted octanol–water partition coefficient (Wildman–Crippen LogP) is 5.80. The first kappa shape index (κ1) is 28.7. The molecule has 0 amide bonds. The second kappa shape index (κ2) is 11.7. The molecule has 2 fully saturated rings.